The van der Waals surface area contributed by atoms with E-state index in [4.69, 9.17) is 0 Å². The fourth-order valence-electron chi connectivity index (χ4n) is 5.58. The van der Waals surface area contributed by atoms with Gasteiger partial charge in [-0.1, -0.05) is 12.1 Å². The van der Waals surface area contributed by atoms with Gasteiger partial charge < -0.3 is 14.7 Å². The molecule has 3 aliphatic heterocycles. The van der Waals surface area contributed by atoms with E-state index in [2.05, 4.69) is 39.9 Å². The molecule has 2 atom stereocenters. The van der Waals surface area contributed by atoms with Crippen molar-refractivity contribution in [1.29, 1.82) is 0 Å². The predicted octanol–water partition coefficient (Wildman–Crippen LogP) is 4.31. The zero-order valence-corrected chi connectivity index (χ0v) is 17.7. The van der Waals surface area contributed by atoms with Crippen LogP contribution in [0.1, 0.15) is 47.5 Å². The molecule has 2 aromatic carbocycles. The molecule has 1 saturated heterocycles. The van der Waals surface area contributed by atoms with Gasteiger partial charge in [0.05, 0.1) is 11.4 Å². The van der Waals surface area contributed by atoms with Gasteiger partial charge in [-0.3, -0.25) is 4.79 Å². The van der Waals surface area contributed by atoms with Crippen LogP contribution in [-0.2, 0) is 0 Å². The van der Waals surface area contributed by atoms with Gasteiger partial charge in [0, 0.05) is 57.2 Å². The molecule has 4 nitrogen and oxygen atoms in total. The second-order valence-electron chi connectivity index (χ2n) is 8.98. The van der Waals surface area contributed by atoms with Crippen molar-refractivity contribution in [2.45, 2.75) is 37.6 Å². The van der Waals surface area contributed by atoms with Crippen molar-refractivity contribution in [3.8, 4) is 0 Å². The van der Waals surface area contributed by atoms with Crippen molar-refractivity contribution in [3.63, 3.8) is 0 Å². The van der Waals surface area contributed by atoms with Crippen molar-refractivity contribution >= 4 is 17.2 Å². The van der Waals surface area contributed by atoms with Gasteiger partial charge in [-0.2, -0.15) is 0 Å². The highest BCUT2D eigenvalue weighted by Gasteiger charge is 2.44. The third-order valence-electron chi connectivity index (χ3n) is 7.18. The van der Waals surface area contributed by atoms with Crippen LogP contribution in [0.4, 0.5) is 15.8 Å². The van der Waals surface area contributed by atoms with Crippen LogP contribution in [0.5, 0.6) is 0 Å². The minimum Gasteiger partial charge on any atom is -0.371 e. The zero-order chi connectivity index (χ0) is 20.7. The number of halogens is 1. The molecule has 0 aliphatic carbocycles. The quantitative estimate of drug-likeness (QED) is 0.527. The first-order valence-electron chi connectivity index (χ1n) is 11.2. The highest BCUT2D eigenvalue weighted by atomic mass is 19.1. The van der Waals surface area contributed by atoms with Gasteiger partial charge in [0.15, 0.2) is 5.78 Å². The van der Waals surface area contributed by atoms with Gasteiger partial charge in [0.1, 0.15) is 5.82 Å². The summed E-state index contributed by atoms with van der Waals surface area (Å²) in [6.07, 6.45) is 3.68. The highest BCUT2D eigenvalue weighted by Crippen LogP contribution is 2.50. The van der Waals surface area contributed by atoms with E-state index in [0.29, 0.717) is 23.9 Å². The Morgan fingerprint density at radius 3 is 2.73 bits per heavy atom. The maximum atomic E-state index is 13.0. The SMILES string of the molecule is CN1CCN2c3c(cccc31)[C@@H]1CN(CCCCC(=O)c3ccc(F)cc3)CC[C@@H]12. The zero-order valence-electron chi connectivity index (χ0n) is 17.7. The summed E-state index contributed by atoms with van der Waals surface area (Å²) in [6, 6.07) is 13.4. The molecule has 3 aliphatic rings. The van der Waals surface area contributed by atoms with Crippen LogP contribution in [0.2, 0.25) is 0 Å². The molecule has 0 spiro atoms. The molecular formula is C25H30FN3O. The number of likely N-dealkylation sites (tertiary alicyclic amines) is 1. The van der Waals surface area contributed by atoms with Crippen LogP contribution >= 0.6 is 0 Å². The first-order valence-corrected chi connectivity index (χ1v) is 11.2. The molecule has 0 unspecified atom stereocenters. The summed E-state index contributed by atoms with van der Waals surface area (Å²) in [7, 11) is 2.20. The number of likely N-dealkylation sites (N-methyl/N-ethyl adjacent to an activating group) is 1. The lowest BCUT2D eigenvalue weighted by Gasteiger charge is -2.41. The Balaban J connectivity index is 1.16. The van der Waals surface area contributed by atoms with Gasteiger partial charge >= 0.3 is 0 Å². The van der Waals surface area contributed by atoms with Crippen molar-refractivity contribution in [2.75, 3.05) is 49.6 Å². The molecule has 5 rings (SSSR count). The smallest absolute Gasteiger partial charge is 0.162 e. The number of para-hydroxylation sites is 1. The fourth-order valence-corrected chi connectivity index (χ4v) is 5.58. The summed E-state index contributed by atoms with van der Waals surface area (Å²) in [5.41, 5.74) is 5.01. The number of piperidine rings is 1. The maximum Gasteiger partial charge on any atom is 0.162 e. The number of rotatable bonds is 6. The van der Waals surface area contributed by atoms with Crippen molar-refractivity contribution in [2.24, 2.45) is 0 Å². The number of unbranched alkanes of at least 4 members (excludes halogenated alkanes) is 1. The normalized spacial score (nSPS) is 22.7. The van der Waals surface area contributed by atoms with Gasteiger partial charge in [-0.25, -0.2) is 4.39 Å². The number of Topliss-reactive ketones (excluding diaryl/α,β-unsaturated/α-hetero) is 1. The number of ketones is 1. The minimum absolute atomic E-state index is 0.115. The van der Waals surface area contributed by atoms with Crippen LogP contribution in [0.25, 0.3) is 0 Å². The Morgan fingerprint density at radius 2 is 1.90 bits per heavy atom. The molecule has 0 amide bonds. The minimum atomic E-state index is -0.295. The van der Waals surface area contributed by atoms with Crippen molar-refractivity contribution in [1.82, 2.24) is 4.90 Å². The number of carbonyl (C=O) groups is 1. The molecule has 3 heterocycles. The lowest BCUT2D eigenvalue weighted by molar-refractivity contribution is 0.0976. The van der Waals surface area contributed by atoms with Crippen LogP contribution < -0.4 is 9.80 Å². The van der Waals surface area contributed by atoms with Gasteiger partial charge in [-0.15, -0.1) is 0 Å². The number of fused-ring (bicyclic) bond motifs is 3. The third-order valence-corrected chi connectivity index (χ3v) is 7.18. The average molecular weight is 408 g/mol. The summed E-state index contributed by atoms with van der Waals surface area (Å²) in [6.45, 7) is 5.55. The van der Waals surface area contributed by atoms with E-state index in [1.807, 2.05) is 0 Å². The Bertz CT molecular complexity index is 928. The van der Waals surface area contributed by atoms with Crippen LogP contribution in [0.15, 0.2) is 42.5 Å². The number of benzene rings is 2. The maximum absolute atomic E-state index is 13.0. The van der Waals surface area contributed by atoms with Gasteiger partial charge in [0.2, 0.25) is 0 Å². The molecule has 1 fully saturated rings. The fraction of sp³-hybridized carbons (Fsp3) is 0.480. The van der Waals surface area contributed by atoms with Crippen LogP contribution in [-0.4, -0.2) is 56.5 Å². The van der Waals surface area contributed by atoms with Crippen molar-refractivity contribution < 1.29 is 9.18 Å². The van der Waals surface area contributed by atoms with E-state index < -0.39 is 0 Å². The lowest BCUT2D eigenvalue weighted by Crippen LogP contribution is -2.49. The molecule has 5 heteroatoms. The van der Waals surface area contributed by atoms with E-state index in [0.717, 1.165) is 45.6 Å². The summed E-state index contributed by atoms with van der Waals surface area (Å²) < 4.78 is 13.0. The number of nitrogens with zero attached hydrogens (tertiary/aromatic N) is 3. The summed E-state index contributed by atoms with van der Waals surface area (Å²) >= 11 is 0. The molecule has 0 radical (unpaired) electrons. The molecule has 0 aromatic heterocycles. The first kappa shape index (κ1) is 19.6. The summed E-state index contributed by atoms with van der Waals surface area (Å²) in [5.74, 6) is 0.418. The molecule has 0 N–H and O–H groups in total. The molecular weight excluding hydrogens is 377 g/mol. The standard InChI is InChI=1S/C25H30FN3O/c1-27-15-16-29-22-12-14-28(17-21(22)20-5-4-6-23(27)25(20)29)13-3-2-7-24(30)18-8-10-19(26)11-9-18/h4-6,8-11,21-22H,2-3,7,12-17H2,1H3/t21-,22-/m0/s1. The number of anilines is 2. The summed E-state index contributed by atoms with van der Waals surface area (Å²) in [4.78, 5) is 19.9. The first-order chi connectivity index (χ1) is 14.6. The molecule has 0 bridgehead atoms. The van der Waals surface area contributed by atoms with E-state index in [9.17, 15) is 9.18 Å². The molecule has 2 aromatic rings. The topological polar surface area (TPSA) is 26.8 Å². The summed E-state index contributed by atoms with van der Waals surface area (Å²) in [5, 5.41) is 0. The average Bonchev–Trinajstić information content (AvgIpc) is 3.08. The number of hydrogen-bond acceptors (Lipinski definition) is 4. The molecule has 30 heavy (non-hydrogen) atoms. The Kier molecular flexibility index (Phi) is 5.23. The third kappa shape index (κ3) is 3.49. The van der Waals surface area contributed by atoms with Crippen LogP contribution in [0.3, 0.4) is 0 Å². The second kappa shape index (κ2) is 8.03. The monoisotopic (exact) mass is 407 g/mol. The Labute approximate surface area is 178 Å². The molecule has 158 valence electrons. The van der Waals surface area contributed by atoms with E-state index in [-0.39, 0.29) is 11.6 Å². The largest absolute Gasteiger partial charge is 0.371 e. The molecule has 0 saturated carbocycles. The highest BCUT2D eigenvalue weighted by molar-refractivity contribution is 5.95. The number of hydrogen-bond donors (Lipinski definition) is 0. The van der Waals surface area contributed by atoms with Gasteiger partial charge in [0.25, 0.3) is 0 Å². The second-order valence-corrected chi connectivity index (χ2v) is 8.98. The van der Waals surface area contributed by atoms with E-state index >= 15 is 0 Å². The Morgan fingerprint density at radius 1 is 1.07 bits per heavy atom. The van der Waals surface area contributed by atoms with E-state index in [1.165, 1.54) is 35.5 Å². The van der Waals surface area contributed by atoms with E-state index in [1.54, 1.807) is 12.1 Å². The van der Waals surface area contributed by atoms with Gasteiger partial charge in [-0.05, 0) is 61.7 Å². The van der Waals surface area contributed by atoms with Crippen LogP contribution in [0, 0.1) is 5.82 Å². The number of carbonyl (C=O) groups excluding carboxylic acids is 1. The Hall–Kier alpha value is -2.40. The predicted molar refractivity (Wildman–Crippen MR) is 119 cm³/mol. The lowest BCUT2D eigenvalue weighted by atomic mass is 9.89. The van der Waals surface area contributed by atoms with Crippen molar-refractivity contribution in [3.05, 3.63) is 59.4 Å².